The lowest BCUT2D eigenvalue weighted by Gasteiger charge is -2.15. The average Bonchev–Trinajstić information content (AvgIpc) is 2.57. The number of carbonyl (C=O) groups excluding carboxylic acids is 1. The molecule has 0 radical (unpaired) electrons. The third-order valence-electron chi connectivity index (χ3n) is 2.32. The Bertz CT molecular complexity index is 390. The number of ketones is 1. The van der Waals surface area contributed by atoms with Gasteiger partial charge < -0.3 is 4.90 Å². The van der Waals surface area contributed by atoms with Gasteiger partial charge in [-0.1, -0.05) is 0 Å². The fourth-order valence-corrected chi connectivity index (χ4v) is 2.58. The highest BCUT2D eigenvalue weighted by Gasteiger charge is 2.22. The molecule has 14 heavy (non-hydrogen) atoms. The minimum Gasteiger partial charge on any atom is -0.383 e. The first-order valence-corrected chi connectivity index (χ1v) is 5.54. The van der Waals surface area contributed by atoms with Crippen LogP contribution in [0.1, 0.15) is 21.7 Å². The lowest BCUT2D eigenvalue weighted by Crippen LogP contribution is -2.15. The first kappa shape index (κ1) is 9.46. The van der Waals surface area contributed by atoms with Gasteiger partial charge in [0.05, 0.1) is 0 Å². The van der Waals surface area contributed by atoms with Gasteiger partial charge in [-0.3, -0.25) is 4.79 Å². The second kappa shape index (κ2) is 3.58. The third-order valence-corrected chi connectivity index (χ3v) is 3.30. The normalized spacial score (nSPS) is 18.4. The quantitative estimate of drug-likeness (QED) is 0.659. The van der Waals surface area contributed by atoms with Gasteiger partial charge in [0.15, 0.2) is 5.78 Å². The van der Waals surface area contributed by atoms with E-state index in [0.717, 1.165) is 24.0 Å². The summed E-state index contributed by atoms with van der Waals surface area (Å²) in [5.41, 5.74) is 1.84. The molecule has 74 valence electrons. The molecule has 2 rings (SSSR count). The summed E-state index contributed by atoms with van der Waals surface area (Å²) in [6.07, 6.45) is 3.83. The molecule has 0 fully saturated rings. The summed E-state index contributed by atoms with van der Waals surface area (Å²) in [5, 5.41) is 2.00. The van der Waals surface area contributed by atoms with E-state index < -0.39 is 0 Å². The molecule has 1 aromatic heterocycles. The topological polar surface area (TPSA) is 20.3 Å². The van der Waals surface area contributed by atoms with Gasteiger partial charge in [0.2, 0.25) is 0 Å². The van der Waals surface area contributed by atoms with E-state index in [0.29, 0.717) is 0 Å². The Kier molecular flexibility index (Phi) is 2.42. The van der Waals surface area contributed by atoms with Gasteiger partial charge in [-0.25, -0.2) is 0 Å². The summed E-state index contributed by atoms with van der Waals surface area (Å²) >= 11 is 1.69. The second-order valence-corrected chi connectivity index (χ2v) is 4.71. The lowest BCUT2D eigenvalue weighted by atomic mass is 9.93. The molecular formula is C11H13NOS. The molecule has 1 heterocycles. The molecule has 0 aromatic carbocycles. The van der Waals surface area contributed by atoms with Crippen molar-refractivity contribution < 1.29 is 4.79 Å². The summed E-state index contributed by atoms with van der Waals surface area (Å²) in [4.78, 5) is 15.1. The molecule has 1 aliphatic carbocycles. The van der Waals surface area contributed by atoms with Crippen molar-refractivity contribution in [3.8, 4) is 0 Å². The van der Waals surface area contributed by atoms with E-state index >= 15 is 0 Å². The third kappa shape index (κ3) is 1.60. The van der Waals surface area contributed by atoms with Gasteiger partial charge in [-0.15, -0.1) is 11.3 Å². The van der Waals surface area contributed by atoms with E-state index in [1.54, 1.807) is 11.3 Å². The maximum Gasteiger partial charge on any atom is 0.191 e. The van der Waals surface area contributed by atoms with Crippen molar-refractivity contribution in [3.63, 3.8) is 0 Å². The number of thiophene rings is 1. The molecule has 1 aliphatic rings. The molecule has 2 nitrogen and oxygen atoms in total. The van der Waals surface area contributed by atoms with Crippen LogP contribution in [0.25, 0.3) is 0 Å². The second-order valence-electron chi connectivity index (χ2n) is 3.70. The molecule has 0 bridgehead atoms. The Morgan fingerprint density at radius 2 is 2.21 bits per heavy atom. The fraction of sp³-hybridized carbons (Fsp3) is 0.364. The van der Waals surface area contributed by atoms with E-state index in [9.17, 15) is 4.79 Å². The minimum atomic E-state index is 0.209. The lowest BCUT2D eigenvalue weighted by molar-refractivity contribution is 0.102. The number of hydrogen-bond donors (Lipinski definition) is 0. The van der Waals surface area contributed by atoms with Gasteiger partial charge in [0.25, 0.3) is 0 Å². The zero-order chi connectivity index (χ0) is 10.1. The molecule has 1 aromatic rings. The minimum absolute atomic E-state index is 0.209. The summed E-state index contributed by atoms with van der Waals surface area (Å²) in [6.45, 7) is 0. The zero-order valence-electron chi connectivity index (χ0n) is 8.41. The molecule has 0 amide bonds. The Hall–Kier alpha value is -1.09. The maximum atomic E-state index is 11.9. The number of nitrogens with zero attached hydrogens (tertiary/aromatic N) is 1. The van der Waals surface area contributed by atoms with Gasteiger partial charge >= 0.3 is 0 Å². The van der Waals surface area contributed by atoms with Crippen molar-refractivity contribution in [2.75, 3.05) is 14.1 Å². The number of carbonyl (C=O) groups is 1. The largest absolute Gasteiger partial charge is 0.383 e. The van der Waals surface area contributed by atoms with Gasteiger partial charge in [0.1, 0.15) is 0 Å². The van der Waals surface area contributed by atoms with Crippen LogP contribution in [-0.4, -0.2) is 24.8 Å². The number of aryl methyl sites for hydroxylation is 1. The molecule has 0 aliphatic heterocycles. The highest BCUT2D eigenvalue weighted by atomic mass is 32.1. The molecule has 0 unspecified atom stereocenters. The van der Waals surface area contributed by atoms with Crippen molar-refractivity contribution in [1.82, 2.24) is 4.90 Å². The molecule has 0 N–H and O–H groups in total. The van der Waals surface area contributed by atoms with Crippen LogP contribution in [0.2, 0.25) is 0 Å². The van der Waals surface area contributed by atoms with E-state index in [1.165, 1.54) is 4.88 Å². The van der Waals surface area contributed by atoms with Crippen LogP contribution in [-0.2, 0) is 6.42 Å². The van der Waals surface area contributed by atoms with Crippen LogP contribution in [0.15, 0.2) is 23.2 Å². The average molecular weight is 207 g/mol. The van der Waals surface area contributed by atoms with Gasteiger partial charge in [0, 0.05) is 36.3 Å². The van der Waals surface area contributed by atoms with E-state index in [-0.39, 0.29) is 5.78 Å². The smallest absolute Gasteiger partial charge is 0.191 e. The van der Waals surface area contributed by atoms with Crippen molar-refractivity contribution in [3.05, 3.63) is 33.7 Å². The van der Waals surface area contributed by atoms with Crippen LogP contribution in [0, 0.1) is 0 Å². The van der Waals surface area contributed by atoms with Crippen molar-refractivity contribution in [2.45, 2.75) is 12.8 Å². The highest BCUT2D eigenvalue weighted by molar-refractivity contribution is 7.10. The van der Waals surface area contributed by atoms with Crippen LogP contribution in [0.5, 0.6) is 0 Å². The summed E-state index contributed by atoms with van der Waals surface area (Å²) in [7, 11) is 3.90. The number of allylic oxidation sites excluding steroid dienone is 1. The predicted octanol–water partition coefficient (Wildman–Crippen LogP) is 2.32. The Morgan fingerprint density at radius 1 is 1.43 bits per heavy atom. The summed E-state index contributed by atoms with van der Waals surface area (Å²) in [6, 6.07) is 1.94. The molecule has 0 atom stereocenters. The fourth-order valence-electron chi connectivity index (χ4n) is 1.71. The monoisotopic (exact) mass is 207 g/mol. The van der Waals surface area contributed by atoms with Crippen LogP contribution >= 0.6 is 11.3 Å². The standard InChI is InChI=1S/C11H13NOS/c1-12(2)7-8-3-4-10-9(11(8)13)5-6-14-10/h5-7H,3-4H2,1-2H3/b8-7-. The molecule has 0 saturated carbocycles. The molecule has 3 heteroatoms. The molecular weight excluding hydrogens is 194 g/mol. The van der Waals surface area contributed by atoms with E-state index in [4.69, 9.17) is 0 Å². The Balaban J connectivity index is 2.34. The molecule has 0 spiro atoms. The van der Waals surface area contributed by atoms with Crippen LogP contribution in [0.4, 0.5) is 0 Å². The number of fused-ring (bicyclic) bond motifs is 1. The van der Waals surface area contributed by atoms with E-state index in [1.807, 2.05) is 36.6 Å². The Labute approximate surface area is 87.9 Å². The van der Waals surface area contributed by atoms with Crippen LogP contribution < -0.4 is 0 Å². The van der Waals surface area contributed by atoms with Gasteiger partial charge in [-0.05, 0) is 24.3 Å². The van der Waals surface area contributed by atoms with Crippen molar-refractivity contribution in [2.24, 2.45) is 0 Å². The summed E-state index contributed by atoms with van der Waals surface area (Å²) in [5.74, 6) is 0.209. The van der Waals surface area contributed by atoms with Gasteiger partial charge in [-0.2, -0.15) is 0 Å². The van der Waals surface area contributed by atoms with E-state index in [2.05, 4.69) is 0 Å². The van der Waals surface area contributed by atoms with Crippen molar-refractivity contribution >= 4 is 17.1 Å². The SMILES string of the molecule is CN(C)/C=C1/CCc2sccc2C1=O. The number of rotatable bonds is 1. The highest BCUT2D eigenvalue weighted by Crippen LogP contribution is 2.28. The summed E-state index contributed by atoms with van der Waals surface area (Å²) < 4.78 is 0. The van der Waals surface area contributed by atoms with Crippen LogP contribution in [0.3, 0.4) is 0 Å². The first-order valence-electron chi connectivity index (χ1n) is 4.66. The predicted molar refractivity (Wildman–Crippen MR) is 58.7 cm³/mol. The number of hydrogen-bond acceptors (Lipinski definition) is 3. The molecule has 0 saturated heterocycles. The zero-order valence-corrected chi connectivity index (χ0v) is 9.23. The maximum absolute atomic E-state index is 11.9. The number of Topliss-reactive ketones (excluding diaryl/α,β-unsaturated/α-hetero) is 1. The first-order chi connectivity index (χ1) is 6.68. The Morgan fingerprint density at radius 3 is 2.93 bits per heavy atom. The van der Waals surface area contributed by atoms with Crippen molar-refractivity contribution in [1.29, 1.82) is 0 Å².